The Kier molecular flexibility index (Phi) is 7.06. The zero-order valence-electron chi connectivity index (χ0n) is 11.5. The van der Waals surface area contributed by atoms with Crippen molar-refractivity contribution in [3.05, 3.63) is 0 Å². The molecule has 0 unspecified atom stereocenters. The van der Waals surface area contributed by atoms with Crippen LogP contribution in [0, 0.1) is 0 Å². The molecule has 1 fully saturated rings. The minimum atomic E-state index is -0.150. The van der Waals surface area contributed by atoms with Crippen molar-refractivity contribution >= 4 is 34.9 Å². The first-order valence-corrected chi connectivity index (χ1v) is 7.88. The molecule has 0 aromatic heterocycles. The second kappa shape index (κ2) is 8.04. The normalized spacial score (nSPS) is 18.3. The lowest BCUT2D eigenvalue weighted by Crippen LogP contribution is -2.51. The van der Waals surface area contributed by atoms with Crippen LogP contribution in [-0.2, 0) is 14.3 Å². The summed E-state index contributed by atoms with van der Waals surface area (Å²) in [6.45, 7) is 2.43. The number of thioether (sulfide) groups is 1. The lowest BCUT2D eigenvalue weighted by molar-refractivity contribution is -0.137. The largest absolute Gasteiger partial charge is 0.392 e. The molecule has 0 aromatic carbocycles. The second-order valence-corrected chi connectivity index (χ2v) is 6.12. The van der Waals surface area contributed by atoms with Crippen molar-refractivity contribution in [2.45, 2.75) is 17.6 Å². The van der Waals surface area contributed by atoms with Crippen LogP contribution in [0.2, 0.25) is 0 Å². The summed E-state index contributed by atoms with van der Waals surface area (Å²) < 4.78 is 9.95. The summed E-state index contributed by atoms with van der Waals surface area (Å²) in [6.07, 6.45) is 3.64. The summed E-state index contributed by atoms with van der Waals surface area (Å²) in [4.78, 5) is 14.3. The Morgan fingerprint density at radius 2 is 2.05 bits per heavy atom. The van der Waals surface area contributed by atoms with Gasteiger partial charge in [-0.05, 0) is 19.1 Å². The summed E-state index contributed by atoms with van der Waals surface area (Å²) in [5.74, 6) is 0.0220. The average Bonchev–Trinajstić information content (AvgIpc) is 2.43. The molecule has 0 spiro atoms. The van der Waals surface area contributed by atoms with E-state index in [9.17, 15) is 4.79 Å². The van der Waals surface area contributed by atoms with Crippen molar-refractivity contribution in [2.24, 2.45) is 5.73 Å². The van der Waals surface area contributed by atoms with Gasteiger partial charge in [-0.2, -0.15) is 11.8 Å². The minimum Gasteiger partial charge on any atom is -0.392 e. The van der Waals surface area contributed by atoms with Gasteiger partial charge in [0.25, 0.3) is 0 Å². The highest BCUT2D eigenvalue weighted by Crippen LogP contribution is 2.34. The van der Waals surface area contributed by atoms with Gasteiger partial charge in [0.2, 0.25) is 5.91 Å². The number of hydrogen-bond donors (Lipinski definition) is 1. The molecule has 0 aliphatic carbocycles. The molecular formula is C12H22N2O3S2. The number of hydrogen-bond acceptors (Lipinski definition) is 5. The van der Waals surface area contributed by atoms with Gasteiger partial charge in [0.1, 0.15) is 6.61 Å². The van der Waals surface area contributed by atoms with Gasteiger partial charge in [0, 0.05) is 20.2 Å². The van der Waals surface area contributed by atoms with Crippen LogP contribution in [0.15, 0.2) is 0 Å². The summed E-state index contributed by atoms with van der Waals surface area (Å²) in [7, 11) is 1.60. The van der Waals surface area contributed by atoms with Gasteiger partial charge in [-0.25, -0.2) is 0 Å². The van der Waals surface area contributed by atoms with E-state index < -0.39 is 0 Å². The highest BCUT2D eigenvalue weighted by atomic mass is 32.2. The summed E-state index contributed by atoms with van der Waals surface area (Å²) in [5.41, 5.74) is 5.82. The SMILES string of the molecule is COCCOCC(=O)N1CCC(SC)(C(N)=S)CC1. The Morgan fingerprint density at radius 1 is 1.42 bits per heavy atom. The zero-order valence-corrected chi connectivity index (χ0v) is 13.1. The standard InChI is InChI=1S/C12H22N2O3S2/c1-16-7-8-17-9-10(15)14-5-3-12(19-2,4-6-14)11(13)18/h3-9H2,1-2H3,(H2,13,18). The lowest BCUT2D eigenvalue weighted by atomic mass is 9.95. The highest BCUT2D eigenvalue weighted by molar-refractivity contribution is 8.02. The van der Waals surface area contributed by atoms with Crippen LogP contribution >= 0.6 is 24.0 Å². The van der Waals surface area contributed by atoms with E-state index in [4.69, 9.17) is 27.4 Å². The zero-order chi connectivity index (χ0) is 14.3. The number of thiocarbonyl (C=S) groups is 1. The predicted octanol–water partition coefficient (Wildman–Crippen LogP) is 0.660. The van der Waals surface area contributed by atoms with Crippen LogP contribution in [0.5, 0.6) is 0 Å². The maximum atomic E-state index is 11.9. The number of methoxy groups -OCH3 is 1. The fourth-order valence-corrected chi connectivity index (χ4v) is 3.31. The molecule has 0 saturated carbocycles. The monoisotopic (exact) mass is 306 g/mol. The Morgan fingerprint density at radius 3 is 2.53 bits per heavy atom. The fourth-order valence-electron chi connectivity index (χ4n) is 2.06. The number of nitrogens with two attached hydrogens (primary N) is 1. The molecule has 1 aliphatic heterocycles. The third kappa shape index (κ3) is 4.59. The van der Waals surface area contributed by atoms with E-state index in [1.165, 1.54) is 0 Å². The van der Waals surface area contributed by atoms with Crippen molar-refractivity contribution in [3.8, 4) is 0 Å². The summed E-state index contributed by atoms with van der Waals surface area (Å²) in [5, 5.41) is 0. The molecule has 110 valence electrons. The first kappa shape index (κ1) is 16.7. The van der Waals surface area contributed by atoms with Crippen LogP contribution in [0.1, 0.15) is 12.8 Å². The fraction of sp³-hybridized carbons (Fsp3) is 0.833. The number of ether oxygens (including phenoxy) is 2. The molecule has 0 aromatic rings. The first-order chi connectivity index (χ1) is 9.05. The molecule has 1 heterocycles. The minimum absolute atomic E-state index is 0.0220. The molecule has 1 saturated heterocycles. The molecular weight excluding hydrogens is 284 g/mol. The van der Waals surface area contributed by atoms with Crippen molar-refractivity contribution in [2.75, 3.05) is 46.3 Å². The molecule has 0 radical (unpaired) electrons. The number of amides is 1. The predicted molar refractivity (Wildman–Crippen MR) is 81.5 cm³/mol. The van der Waals surface area contributed by atoms with Crippen molar-refractivity contribution in [3.63, 3.8) is 0 Å². The number of carbonyl (C=O) groups is 1. The molecule has 1 amide bonds. The van der Waals surface area contributed by atoms with E-state index in [-0.39, 0.29) is 17.3 Å². The molecule has 7 heteroatoms. The highest BCUT2D eigenvalue weighted by Gasteiger charge is 2.37. The Labute approximate surface area is 124 Å². The van der Waals surface area contributed by atoms with Crippen LogP contribution in [0.3, 0.4) is 0 Å². The van der Waals surface area contributed by atoms with E-state index in [2.05, 4.69) is 0 Å². The topological polar surface area (TPSA) is 64.8 Å². The molecule has 1 rings (SSSR count). The van der Waals surface area contributed by atoms with Gasteiger partial charge in [-0.15, -0.1) is 0 Å². The first-order valence-electron chi connectivity index (χ1n) is 6.25. The number of likely N-dealkylation sites (tertiary alicyclic amines) is 1. The van der Waals surface area contributed by atoms with E-state index in [1.807, 2.05) is 11.2 Å². The molecule has 19 heavy (non-hydrogen) atoms. The number of nitrogens with zero attached hydrogens (tertiary/aromatic N) is 1. The number of piperidine rings is 1. The Balaban J connectivity index is 2.36. The van der Waals surface area contributed by atoms with Gasteiger partial charge in [-0.1, -0.05) is 12.2 Å². The quantitative estimate of drug-likeness (QED) is 0.551. The Hall–Kier alpha value is -0.370. The van der Waals surface area contributed by atoms with Crippen LogP contribution in [0.4, 0.5) is 0 Å². The summed E-state index contributed by atoms with van der Waals surface area (Å²) in [6, 6.07) is 0. The maximum Gasteiger partial charge on any atom is 0.248 e. The van der Waals surface area contributed by atoms with E-state index in [0.717, 1.165) is 12.8 Å². The lowest BCUT2D eigenvalue weighted by Gasteiger charge is -2.40. The molecule has 0 bridgehead atoms. The molecule has 5 nitrogen and oxygen atoms in total. The smallest absolute Gasteiger partial charge is 0.248 e. The number of carbonyl (C=O) groups excluding carboxylic acids is 1. The van der Waals surface area contributed by atoms with Crippen molar-refractivity contribution in [1.29, 1.82) is 0 Å². The Bertz CT molecular complexity index is 318. The number of rotatable bonds is 7. The summed E-state index contributed by atoms with van der Waals surface area (Å²) >= 11 is 6.83. The van der Waals surface area contributed by atoms with Gasteiger partial charge >= 0.3 is 0 Å². The van der Waals surface area contributed by atoms with E-state index in [0.29, 0.717) is 31.3 Å². The molecule has 2 N–H and O–H groups in total. The van der Waals surface area contributed by atoms with Crippen molar-refractivity contribution < 1.29 is 14.3 Å². The average molecular weight is 306 g/mol. The van der Waals surface area contributed by atoms with E-state index >= 15 is 0 Å². The molecule has 1 aliphatic rings. The van der Waals surface area contributed by atoms with Gasteiger partial charge in [-0.3, -0.25) is 4.79 Å². The van der Waals surface area contributed by atoms with Gasteiger partial charge in [0.15, 0.2) is 0 Å². The van der Waals surface area contributed by atoms with Gasteiger partial charge < -0.3 is 20.1 Å². The van der Waals surface area contributed by atoms with Gasteiger partial charge in [0.05, 0.1) is 22.9 Å². The van der Waals surface area contributed by atoms with E-state index in [1.54, 1.807) is 18.9 Å². The maximum absolute atomic E-state index is 11.9. The third-order valence-electron chi connectivity index (χ3n) is 3.42. The van der Waals surface area contributed by atoms with Crippen LogP contribution < -0.4 is 5.73 Å². The molecule has 0 atom stereocenters. The van der Waals surface area contributed by atoms with Crippen LogP contribution in [0.25, 0.3) is 0 Å². The third-order valence-corrected chi connectivity index (χ3v) is 5.35. The van der Waals surface area contributed by atoms with Crippen molar-refractivity contribution in [1.82, 2.24) is 4.90 Å². The van der Waals surface area contributed by atoms with Crippen LogP contribution in [-0.4, -0.2) is 66.8 Å². The second-order valence-electron chi connectivity index (χ2n) is 4.49.